The minimum absolute atomic E-state index is 0.0974. The summed E-state index contributed by atoms with van der Waals surface area (Å²) in [6.07, 6.45) is 0. The number of carbonyl (C=O) groups excluding carboxylic acids is 1. The van der Waals surface area contributed by atoms with Gasteiger partial charge >= 0.3 is 0 Å². The SMILES string of the molecule is COCCOc1ccc([C@H](C)NC(=O)Cn2nnc3ccccc32)cc1OC. The van der Waals surface area contributed by atoms with Crippen LogP contribution in [0.5, 0.6) is 11.5 Å². The van der Waals surface area contributed by atoms with E-state index in [2.05, 4.69) is 15.6 Å². The van der Waals surface area contributed by atoms with Gasteiger partial charge in [-0.25, -0.2) is 4.68 Å². The van der Waals surface area contributed by atoms with Crippen LogP contribution in [0.4, 0.5) is 0 Å². The van der Waals surface area contributed by atoms with Crippen molar-refractivity contribution < 1.29 is 19.0 Å². The molecule has 0 aliphatic heterocycles. The lowest BCUT2D eigenvalue weighted by molar-refractivity contribution is -0.122. The molecule has 1 heterocycles. The number of carbonyl (C=O) groups is 1. The highest BCUT2D eigenvalue weighted by atomic mass is 16.5. The molecule has 1 amide bonds. The molecule has 0 aliphatic rings. The third-order valence-electron chi connectivity index (χ3n) is 4.32. The summed E-state index contributed by atoms with van der Waals surface area (Å²) in [7, 11) is 3.21. The number of nitrogens with one attached hydrogen (secondary N) is 1. The molecule has 148 valence electrons. The molecular weight excluding hydrogens is 360 g/mol. The quantitative estimate of drug-likeness (QED) is 0.570. The molecule has 28 heavy (non-hydrogen) atoms. The van der Waals surface area contributed by atoms with Crippen LogP contribution in [-0.4, -0.2) is 48.3 Å². The topological polar surface area (TPSA) is 87.5 Å². The van der Waals surface area contributed by atoms with Crippen molar-refractivity contribution in [3.8, 4) is 11.5 Å². The molecule has 0 spiro atoms. The number of methoxy groups -OCH3 is 2. The zero-order valence-corrected chi connectivity index (χ0v) is 16.2. The molecule has 0 unspecified atom stereocenters. The molecule has 0 aliphatic carbocycles. The van der Waals surface area contributed by atoms with Crippen molar-refractivity contribution in [1.29, 1.82) is 0 Å². The van der Waals surface area contributed by atoms with E-state index in [-0.39, 0.29) is 18.5 Å². The van der Waals surface area contributed by atoms with E-state index in [0.717, 1.165) is 16.6 Å². The summed E-state index contributed by atoms with van der Waals surface area (Å²) in [4.78, 5) is 12.5. The minimum Gasteiger partial charge on any atom is -0.493 e. The van der Waals surface area contributed by atoms with Crippen molar-refractivity contribution in [2.75, 3.05) is 27.4 Å². The molecule has 8 heteroatoms. The standard InChI is InChI=1S/C20H24N4O4/c1-14(15-8-9-18(19(12-15)27-3)28-11-10-26-2)21-20(25)13-24-17-7-5-4-6-16(17)22-23-24/h4-9,12,14H,10-11,13H2,1-3H3,(H,21,25)/t14-/m0/s1. The van der Waals surface area contributed by atoms with Gasteiger partial charge in [0, 0.05) is 7.11 Å². The molecule has 3 rings (SSSR count). The van der Waals surface area contributed by atoms with Gasteiger partial charge in [-0.15, -0.1) is 5.10 Å². The summed E-state index contributed by atoms with van der Waals surface area (Å²) < 4.78 is 17.6. The summed E-state index contributed by atoms with van der Waals surface area (Å²) >= 11 is 0. The Hall–Kier alpha value is -3.13. The molecule has 3 aromatic rings. The van der Waals surface area contributed by atoms with Crippen LogP contribution in [-0.2, 0) is 16.1 Å². The number of rotatable bonds is 9. The number of hydrogen-bond acceptors (Lipinski definition) is 6. The molecule has 1 aromatic heterocycles. The lowest BCUT2D eigenvalue weighted by Crippen LogP contribution is -2.30. The minimum atomic E-state index is -0.204. The second-order valence-corrected chi connectivity index (χ2v) is 6.28. The van der Waals surface area contributed by atoms with Crippen LogP contribution in [0.2, 0.25) is 0 Å². The summed E-state index contributed by atoms with van der Waals surface area (Å²) in [6, 6.07) is 12.9. The molecular formula is C20H24N4O4. The summed E-state index contributed by atoms with van der Waals surface area (Å²) in [5.74, 6) is 1.09. The number of fused-ring (bicyclic) bond motifs is 1. The molecule has 0 radical (unpaired) electrons. The predicted molar refractivity (Wildman–Crippen MR) is 104 cm³/mol. The van der Waals surface area contributed by atoms with Crippen LogP contribution in [0.1, 0.15) is 18.5 Å². The Bertz CT molecular complexity index is 941. The van der Waals surface area contributed by atoms with E-state index in [1.54, 1.807) is 18.9 Å². The van der Waals surface area contributed by atoms with Crippen LogP contribution < -0.4 is 14.8 Å². The van der Waals surface area contributed by atoms with Crippen molar-refractivity contribution in [3.63, 3.8) is 0 Å². The Morgan fingerprint density at radius 1 is 1.14 bits per heavy atom. The molecule has 1 atom stereocenters. The maximum atomic E-state index is 12.5. The molecule has 0 saturated heterocycles. The van der Waals surface area contributed by atoms with E-state index in [9.17, 15) is 4.79 Å². The average molecular weight is 384 g/mol. The summed E-state index contributed by atoms with van der Waals surface area (Å²) in [5.41, 5.74) is 2.49. The number of amides is 1. The van der Waals surface area contributed by atoms with Gasteiger partial charge in [0.25, 0.3) is 0 Å². The van der Waals surface area contributed by atoms with Crippen LogP contribution >= 0.6 is 0 Å². The number of benzene rings is 2. The first-order chi connectivity index (χ1) is 13.6. The number of nitrogens with zero attached hydrogens (tertiary/aromatic N) is 3. The van der Waals surface area contributed by atoms with Gasteiger partial charge in [0.2, 0.25) is 5.91 Å². The lowest BCUT2D eigenvalue weighted by Gasteiger charge is -2.17. The number of para-hydroxylation sites is 1. The predicted octanol–water partition coefficient (Wildman–Crippen LogP) is 2.34. The molecule has 0 bridgehead atoms. The van der Waals surface area contributed by atoms with Crippen molar-refractivity contribution in [2.24, 2.45) is 0 Å². The van der Waals surface area contributed by atoms with Gasteiger partial charge in [0.05, 0.1) is 25.3 Å². The maximum Gasteiger partial charge on any atom is 0.242 e. The molecule has 8 nitrogen and oxygen atoms in total. The van der Waals surface area contributed by atoms with Crippen molar-refractivity contribution in [2.45, 2.75) is 19.5 Å². The Morgan fingerprint density at radius 2 is 1.96 bits per heavy atom. The van der Waals surface area contributed by atoms with Crippen LogP contribution in [0.15, 0.2) is 42.5 Å². The number of aromatic nitrogens is 3. The van der Waals surface area contributed by atoms with Crippen LogP contribution in [0.25, 0.3) is 11.0 Å². The average Bonchev–Trinajstić information content (AvgIpc) is 3.11. The third kappa shape index (κ3) is 4.58. The fraction of sp³-hybridized carbons (Fsp3) is 0.350. The zero-order chi connectivity index (χ0) is 19.9. The molecule has 1 N–H and O–H groups in total. The van der Waals surface area contributed by atoms with Crippen LogP contribution in [0.3, 0.4) is 0 Å². The second-order valence-electron chi connectivity index (χ2n) is 6.28. The van der Waals surface area contributed by atoms with Gasteiger partial charge in [0.1, 0.15) is 18.7 Å². The Balaban J connectivity index is 1.64. The van der Waals surface area contributed by atoms with E-state index < -0.39 is 0 Å². The van der Waals surface area contributed by atoms with Gasteiger partial charge in [-0.3, -0.25) is 4.79 Å². The van der Waals surface area contributed by atoms with Crippen LogP contribution in [0, 0.1) is 0 Å². The Kier molecular flexibility index (Phi) is 6.44. The smallest absolute Gasteiger partial charge is 0.242 e. The fourth-order valence-electron chi connectivity index (χ4n) is 2.85. The summed E-state index contributed by atoms with van der Waals surface area (Å²) in [6.45, 7) is 2.94. The van der Waals surface area contributed by atoms with Gasteiger partial charge in [-0.1, -0.05) is 23.4 Å². The highest BCUT2D eigenvalue weighted by Crippen LogP contribution is 2.30. The zero-order valence-electron chi connectivity index (χ0n) is 16.2. The Labute approximate surface area is 163 Å². The van der Waals surface area contributed by atoms with Crippen molar-refractivity contribution >= 4 is 16.9 Å². The Morgan fingerprint density at radius 3 is 2.75 bits per heavy atom. The molecule has 2 aromatic carbocycles. The van der Waals surface area contributed by atoms with E-state index in [4.69, 9.17) is 14.2 Å². The maximum absolute atomic E-state index is 12.5. The lowest BCUT2D eigenvalue weighted by atomic mass is 10.1. The number of hydrogen-bond donors (Lipinski definition) is 1. The highest BCUT2D eigenvalue weighted by molar-refractivity contribution is 5.80. The van der Waals surface area contributed by atoms with Gasteiger partial charge < -0.3 is 19.5 Å². The van der Waals surface area contributed by atoms with Gasteiger partial charge in [-0.2, -0.15) is 0 Å². The second kappa shape index (κ2) is 9.18. The normalized spacial score (nSPS) is 12.0. The van der Waals surface area contributed by atoms with Gasteiger partial charge in [0.15, 0.2) is 11.5 Å². The van der Waals surface area contributed by atoms with E-state index in [0.29, 0.717) is 24.7 Å². The van der Waals surface area contributed by atoms with E-state index >= 15 is 0 Å². The van der Waals surface area contributed by atoms with E-state index in [1.165, 1.54) is 0 Å². The van der Waals surface area contributed by atoms with Gasteiger partial charge in [-0.05, 0) is 36.8 Å². The fourth-order valence-corrected chi connectivity index (χ4v) is 2.85. The van der Waals surface area contributed by atoms with Crippen molar-refractivity contribution in [3.05, 3.63) is 48.0 Å². The first-order valence-corrected chi connectivity index (χ1v) is 8.99. The summed E-state index contributed by atoms with van der Waals surface area (Å²) in [5, 5.41) is 11.1. The highest BCUT2D eigenvalue weighted by Gasteiger charge is 2.15. The third-order valence-corrected chi connectivity index (χ3v) is 4.32. The largest absolute Gasteiger partial charge is 0.493 e. The molecule has 0 fully saturated rings. The van der Waals surface area contributed by atoms with Crippen molar-refractivity contribution in [1.82, 2.24) is 20.3 Å². The monoisotopic (exact) mass is 384 g/mol. The first-order valence-electron chi connectivity index (χ1n) is 8.99. The first kappa shape index (κ1) is 19.6. The number of ether oxygens (including phenoxy) is 3. The molecule has 0 saturated carbocycles. The van der Waals surface area contributed by atoms with E-state index in [1.807, 2.05) is 49.4 Å².